The van der Waals surface area contributed by atoms with E-state index in [-0.39, 0.29) is 11.9 Å². The minimum absolute atomic E-state index is 0.0813. The molecule has 0 saturated carbocycles. The number of nitrogens with zero attached hydrogens (tertiary/aromatic N) is 5. The van der Waals surface area contributed by atoms with Gasteiger partial charge in [-0.25, -0.2) is 4.98 Å². The number of nitrogens with one attached hydrogen (secondary N) is 1. The molecule has 8 heteroatoms. The molecule has 3 aromatic rings. The third-order valence-corrected chi connectivity index (χ3v) is 7.15. The van der Waals surface area contributed by atoms with E-state index in [0.717, 1.165) is 75.7 Å². The Morgan fingerprint density at radius 1 is 0.944 bits per heavy atom. The first-order valence-electron chi connectivity index (χ1n) is 12.8. The van der Waals surface area contributed by atoms with Gasteiger partial charge in [-0.1, -0.05) is 42.5 Å². The number of rotatable bonds is 6. The molecule has 188 valence electrons. The van der Waals surface area contributed by atoms with Gasteiger partial charge in [0.15, 0.2) is 0 Å². The standard InChI is InChI=1S/C28H35N7O/c1-33-15-17-35(18-16-33)27(36)23-9-7-22(8-10-23)25-19-26(32-28(29)31-25)30-24-11-13-34(14-12-24)20-21-5-3-2-4-6-21/h2-10,19,24H,11-18,20H2,1H3,(H3,29,30,31,32). The molecule has 2 aliphatic rings. The Labute approximate surface area is 213 Å². The summed E-state index contributed by atoms with van der Waals surface area (Å²) in [5, 5.41) is 3.57. The van der Waals surface area contributed by atoms with E-state index in [1.165, 1.54) is 5.56 Å². The van der Waals surface area contributed by atoms with Crippen molar-refractivity contribution in [2.45, 2.75) is 25.4 Å². The van der Waals surface area contributed by atoms with Gasteiger partial charge in [0, 0.05) is 69.0 Å². The van der Waals surface area contributed by atoms with Crippen molar-refractivity contribution in [3.63, 3.8) is 0 Å². The Morgan fingerprint density at radius 2 is 1.64 bits per heavy atom. The van der Waals surface area contributed by atoms with E-state index in [1.54, 1.807) is 0 Å². The van der Waals surface area contributed by atoms with Gasteiger partial charge in [-0.15, -0.1) is 0 Å². The number of likely N-dealkylation sites (tertiary alicyclic amines) is 1. The van der Waals surface area contributed by atoms with Crippen LogP contribution in [0, 0.1) is 0 Å². The summed E-state index contributed by atoms with van der Waals surface area (Å²) in [5.74, 6) is 1.07. The minimum Gasteiger partial charge on any atom is -0.368 e. The van der Waals surface area contributed by atoms with Crippen molar-refractivity contribution in [1.29, 1.82) is 0 Å². The number of amides is 1. The molecule has 0 radical (unpaired) electrons. The predicted molar refractivity (Wildman–Crippen MR) is 144 cm³/mol. The highest BCUT2D eigenvalue weighted by molar-refractivity contribution is 5.94. The smallest absolute Gasteiger partial charge is 0.253 e. The average molecular weight is 486 g/mol. The predicted octanol–water partition coefficient (Wildman–Crippen LogP) is 3.19. The van der Waals surface area contributed by atoms with E-state index < -0.39 is 0 Å². The fourth-order valence-corrected chi connectivity index (χ4v) is 4.95. The fraction of sp³-hybridized carbons (Fsp3) is 0.393. The average Bonchev–Trinajstić information content (AvgIpc) is 2.90. The van der Waals surface area contributed by atoms with Gasteiger partial charge in [-0.3, -0.25) is 9.69 Å². The van der Waals surface area contributed by atoms with Gasteiger partial charge in [-0.05, 0) is 37.6 Å². The molecule has 8 nitrogen and oxygen atoms in total. The molecular formula is C28H35N7O. The van der Waals surface area contributed by atoms with Gasteiger partial charge in [0.05, 0.1) is 5.69 Å². The van der Waals surface area contributed by atoms with Crippen molar-refractivity contribution in [3.8, 4) is 11.3 Å². The van der Waals surface area contributed by atoms with Crippen molar-refractivity contribution >= 4 is 17.7 Å². The lowest BCUT2D eigenvalue weighted by Crippen LogP contribution is -2.47. The monoisotopic (exact) mass is 485 g/mol. The van der Waals surface area contributed by atoms with Gasteiger partial charge < -0.3 is 20.9 Å². The minimum atomic E-state index is 0.0813. The van der Waals surface area contributed by atoms with Gasteiger partial charge in [-0.2, -0.15) is 4.98 Å². The topological polar surface area (TPSA) is 90.6 Å². The van der Waals surface area contributed by atoms with Crippen molar-refractivity contribution in [2.24, 2.45) is 0 Å². The first-order chi connectivity index (χ1) is 17.5. The zero-order valence-electron chi connectivity index (χ0n) is 20.9. The number of anilines is 2. The maximum Gasteiger partial charge on any atom is 0.253 e. The number of aromatic nitrogens is 2. The number of nitrogen functional groups attached to an aromatic ring is 1. The molecule has 0 bridgehead atoms. The second-order valence-electron chi connectivity index (χ2n) is 9.85. The van der Waals surface area contributed by atoms with Crippen LogP contribution in [0.25, 0.3) is 11.3 Å². The molecule has 1 amide bonds. The zero-order chi connectivity index (χ0) is 24.9. The summed E-state index contributed by atoms with van der Waals surface area (Å²) < 4.78 is 0. The van der Waals surface area contributed by atoms with Gasteiger partial charge in [0.1, 0.15) is 5.82 Å². The molecule has 0 unspecified atom stereocenters. The molecule has 3 N–H and O–H groups in total. The molecule has 2 saturated heterocycles. The highest BCUT2D eigenvalue weighted by Crippen LogP contribution is 2.24. The summed E-state index contributed by atoms with van der Waals surface area (Å²) in [6, 6.07) is 20.6. The lowest BCUT2D eigenvalue weighted by molar-refractivity contribution is 0.0664. The molecular weight excluding hydrogens is 450 g/mol. The van der Waals surface area contributed by atoms with Crippen LogP contribution in [-0.4, -0.2) is 82.9 Å². The summed E-state index contributed by atoms with van der Waals surface area (Å²) >= 11 is 0. The number of nitrogens with two attached hydrogens (primary N) is 1. The summed E-state index contributed by atoms with van der Waals surface area (Å²) in [7, 11) is 2.09. The van der Waals surface area contributed by atoms with E-state index in [1.807, 2.05) is 35.2 Å². The van der Waals surface area contributed by atoms with Crippen molar-refractivity contribution in [2.75, 3.05) is 57.4 Å². The molecule has 2 fully saturated rings. The molecule has 36 heavy (non-hydrogen) atoms. The van der Waals surface area contributed by atoms with E-state index in [9.17, 15) is 4.79 Å². The molecule has 0 spiro atoms. The Kier molecular flexibility index (Phi) is 7.44. The Morgan fingerprint density at radius 3 is 2.33 bits per heavy atom. The molecule has 0 atom stereocenters. The van der Waals surface area contributed by atoms with Crippen molar-refractivity contribution in [3.05, 3.63) is 71.8 Å². The molecule has 0 aliphatic carbocycles. The number of carbonyl (C=O) groups is 1. The van der Waals surface area contributed by atoms with Crippen LogP contribution in [0.4, 0.5) is 11.8 Å². The van der Waals surface area contributed by atoms with E-state index in [0.29, 0.717) is 11.6 Å². The zero-order valence-corrected chi connectivity index (χ0v) is 20.9. The lowest BCUT2D eigenvalue weighted by atomic mass is 10.0. The largest absolute Gasteiger partial charge is 0.368 e. The first-order valence-corrected chi connectivity index (χ1v) is 12.8. The third-order valence-electron chi connectivity index (χ3n) is 7.15. The molecule has 5 rings (SSSR count). The van der Waals surface area contributed by atoms with Crippen LogP contribution < -0.4 is 11.1 Å². The van der Waals surface area contributed by atoms with E-state index in [4.69, 9.17) is 5.73 Å². The fourth-order valence-electron chi connectivity index (χ4n) is 4.95. The van der Waals surface area contributed by atoms with Crippen LogP contribution >= 0.6 is 0 Å². The van der Waals surface area contributed by atoms with Crippen molar-refractivity contribution < 1.29 is 4.79 Å². The second kappa shape index (κ2) is 11.1. The van der Waals surface area contributed by atoms with Gasteiger partial charge in [0.25, 0.3) is 5.91 Å². The van der Waals surface area contributed by atoms with E-state index in [2.05, 4.69) is 62.5 Å². The quantitative estimate of drug-likeness (QED) is 0.554. The Bertz CT molecular complexity index is 1150. The lowest BCUT2D eigenvalue weighted by Gasteiger charge is -2.32. The second-order valence-corrected chi connectivity index (χ2v) is 9.85. The Balaban J connectivity index is 1.19. The number of piperazine rings is 1. The Hall–Kier alpha value is -3.49. The molecule has 2 aromatic carbocycles. The number of carbonyl (C=O) groups excluding carboxylic acids is 1. The molecule has 3 heterocycles. The summed E-state index contributed by atoms with van der Waals surface area (Å²) in [4.78, 5) is 28.4. The van der Waals surface area contributed by atoms with Crippen molar-refractivity contribution in [1.82, 2.24) is 24.7 Å². The third kappa shape index (κ3) is 6.01. The SMILES string of the molecule is CN1CCN(C(=O)c2ccc(-c3cc(NC4CCN(Cc5ccccc5)CC4)nc(N)n3)cc2)CC1. The first kappa shape index (κ1) is 24.2. The normalized spacial score (nSPS) is 17.8. The van der Waals surface area contributed by atoms with Crippen LogP contribution in [-0.2, 0) is 6.54 Å². The van der Waals surface area contributed by atoms with Crippen LogP contribution in [0.15, 0.2) is 60.7 Å². The number of benzene rings is 2. The highest BCUT2D eigenvalue weighted by Gasteiger charge is 2.21. The number of piperidine rings is 1. The number of hydrogen-bond acceptors (Lipinski definition) is 7. The highest BCUT2D eigenvalue weighted by atomic mass is 16.2. The number of likely N-dealkylation sites (N-methyl/N-ethyl adjacent to an activating group) is 1. The molecule has 2 aliphatic heterocycles. The van der Waals surface area contributed by atoms with Crippen LogP contribution in [0.2, 0.25) is 0 Å². The summed E-state index contributed by atoms with van der Waals surface area (Å²) in [6.45, 7) is 6.42. The number of hydrogen-bond donors (Lipinski definition) is 2. The summed E-state index contributed by atoms with van der Waals surface area (Å²) in [6.07, 6.45) is 2.10. The maximum atomic E-state index is 12.9. The summed E-state index contributed by atoms with van der Waals surface area (Å²) in [5.41, 5.74) is 9.79. The van der Waals surface area contributed by atoms with Gasteiger partial charge >= 0.3 is 0 Å². The van der Waals surface area contributed by atoms with Crippen LogP contribution in [0.1, 0.15) is 28.8 Å². The van der Waals surface area contributed by atoms with Gasteiger partial charge in [0.2, 0.25) is 5.95 Å². The molecule has 1 aromatic heterocycles. The maximum absolute atomic E-state index is 12.9. The van der Waals surface area contributed by atoms with E-state index >= 15 is 0 Å². The van der Waals surface area contributed by atoms with Crippen LogP contribution in [0.5, 0.6) is 0 Å². The van der Waals surface area contributed by atoms with Crippen LogP contribution in [0.3, 0.4) is 0 Å².